The van der Waals surface area contributed by atoms with Gasteiger partial charge in [-0.1, -0.05) is 0 Å². The summed E-state index contributed by atoms with van der Waals surface area (Å²) >= 11 is 1.94. The van der Waals surface area contributed by atoms with Crippen LogP contribution in [0, 0.1) is 0 Å². The van der Waals surface area contributed by atoms with Crippen LogP contribution in [0.2, 0.25) is 0 Å². The van der Waals surface area contributed by atoms with Crippen LogP contribution < -0.4 is 0 Å². The number of rotatable bonds is 2. The smallest absolute Gasteiger partial charge is 0.121 e. The van der Waals surface area contributed by atoms with Gasteiger partial charge in [-0.25, -0.2) is 0 Å². The molecule has 1 unspecified atom stereocenters. The summed E-state index contributed by atoms with van der Waals surface area (Å²) in [6.07, 6.45) is 4.36. The van der Waals surface area contributed by atoms with E-state index in [0.717, 1.165) is 12.7 Å². The van der Waals surface area contributed by atoms with Gasteiger partial charge in [-0.2, -0.15) is 11.8 Å². The molecule has 0 aliphatic carbocycles. The molecule has 1 fully saturated rings. The van der Waals surface area contributed by atoms with Crippen LogP contribution >= 0.6 is 11.8 Å². The minimum absolute atomic E-state index is 0.660. The standard InChI is InChI=1S/C6H10OS/c7-4-3-6-2-1-5-8-6/h4,6H,1-3,5H2. The molecular weight excluding hydrogens is 120 g/mol. The quantitative estimate of drug-likeness (QED) is 0.526. The molecule has 0 aromatic rings. The van der Waals surface area contributed by atoms with Crippen molar-refractivity contribution in [3.05, 3.63) is 0 Å². The number of carbonyl (C=O) groups excluding carboxylic acids is 1. The Bertz CT molecular complexity index is 76.6. The van der Waals surface area contributed by atoms with Gasteiger partial charge in [0.15, 0.2) is 0 Å². The maximum atomic E-state index is 9.95. The Kier molecular flexibility index (Phi) is 2.40. The van der Waals surface area contributed by atoms with E-state index in [1.165, 1.54) is 18.6 Å². The highest BCUT2D eigenvalue weighted by Crippen LogP contribution is 2.27. The Morgan fingerprint density at radius 2 is 2.62 bits per heavy atom. The maximum absolute atomic E-state index is 9.95. The molecule has 0 bridgehead atoms. The minimum atomic E-state index is 0.660. The summed E-state index contributed by atoms with van der Waals surface area (Å²) in [5.41, 5.74) is 0. The fourth-order valence-corrected chi connectivity index (χ4v) is 2.15. The van der Waals surface area contributed by atoms with Gasteiger partial charge < -0.3 is 4.79 Å². The third-order valence-corrected chi connectivity index (χ3v) is 2.81. The van der Waals surface area contributed by atoms with Crippen LogP contribution in [0.15, 0.2) is 0 Å². The lowest BCUT2D eigenvalue weighted by Gasteiger charge is -1.98. The van der Waals surface area contributed by atoms with Crippen molar-refractivity contribution in [1.82, 2.24) is 0 Å². The Hall–Kier alpha value is 0.0200. The number of carbonyl (C=O) groups is 1. The zero-order valence-electron chi connectivity index (χ0n) is 4.80. The first kappa shape index (κ1) is 6.14. The zero-order valence-corrected chi connectivity index (χ0v) is 5.62. The molecule has 1 aliphatic rings. The summed E-state index contributed by atoms with van der Waals surface area (Å²) in [6.45, 7) is 0. The van der Waals surface area contributed by atoms with Gasteiger partial charge in [-0.3, -0.25) is 0 Å². The molecule has 1 rings (SSSR count). The minimum Gasteiger partial charge on any atom is -0.303 e. The van der Waals surface area contributed by atoms with E-state index in [1.807, 2.05) is 11.8 Å². The molecule has 0 radical (unpaired) electrons. The van der Waals surface area contributed by atoms with Crippen molar-refractivity contribution in [2.45, 2.75) is 24.5 Å². The van der Waals surface area contributed by atoms with Crippen molar-refractivity contribution in [2.24, 2.45) is 0 Å². The summed E-state index contributed by atoms with van der Waals surface area (Å²) < 4.78 is 0. The summed E-state index contributed by atoms with van der Waals surface area (Å²) in [6, 6.07) is 0. The Balaban J connectivity index is 2.14. The lowest BCUT2D eigenvalue weighted by Crippen LogP contribution is -1.95. The maximum Gasteiger partial charge on any atom is 0.121 e. The number of thioether (sulfide) groups is 1. The van der Waals surface area contributed by atoms with E-state index in [9.17, 15) is 4.79 Å². The average Bonchev–Trinajstić information content (AvgIpc) is 2.19. The van der Waals surface area contributed by atoms with Crippen LogP contribution in [0.4, 0.5) is 0 Å². The fourth-order valence-electron chi connectivity index (χ4n) is 0.938. The number of aldehydes is 1. The van der Waals surface area contributed by atoms with Gasteiger partial charge in [0, 0.05) is 11.7 Å². The van der Waals surface area contributed by atoms with E-state index in [-0.39, 0.29) is 0 Å². The third-order valence-electron chi connectivity index (χ3n) is 1.38. The van der Waals surface area contributed by atoms with Crippen molar-refractivity contribution in [1.29, 1.82) is 0 Å². The normalized spacial score (nSPS) is 28.2. The van der Waals surface area contributed by atoms with Crippen molar-refractivity contribution in [2.75, 3.05) is 5.75 Å². The van der Waals surface area contributed by atoms with Gasteiger partial charge in [0.05, 0.1) is 0 Å². The lowest BCUT2D eigenvalue weighted by molar-refractivity contribution is -0.107. The molecule has 0 amide bonds. The molecule has 0 saturated carbocycles. The van der Waals surface area contributed by atoms with Crippen LogP contribution in [0.25, 0.3) is 0 Å². The van der Waals surface area contributed by atoms with E-state index in [4.69, 9.17) is 0 Å². The van der Waals surface area contributed by atoms with Gasteiger partial charge in [-0.15, -0.1) is 0 Å². The molecule has 0 aromatic heterocycles. The predicted octanol–water partition coefficient (Wildman–Crippen LogP) is 1.47. The molecule has 0 N–H and O–H groups in total. The average molecular weight is 130 g/mol. The molecule has 0 spiro atoms. The summed E-state index contributed by atoms with van der Waals surface area (Å²) in [5, 5.41) is 0.660. The predicted molar refractivity (Wildman–Crippen MR) is 36.2 cm³/mol. The monoisotopic (exact) mass is 130 g/mol. The van der Waals surface area contributed by atoms with Gasteiger partial charge in [0.2, 0.25) is 0 Å². The van der Waals surface area contributed by atoms with E-state index in [1.54, 1.807) is 0 Å². The summed E-state index contributed by atoms with van der Waals surface area (Å²) in [5.74, 6) is 1.26. The van der Waals surface area contributed by atoms with Gasteiger partial charge in [0.1, 0.15) is 6.29 Å². The van der Waals surface area contributed by atoms with E-state index in [2.05, 4.69) is 0 Å². The van der Waals surface area contributed by atoms with Crippen LogP contribution in [0.5, 0.6) is 0 Å². The second kappa shape index (κ2) is 3.13. The zero-order chi connectivity index (χ0) is 5.82. The third kappa shape index (κ3) is 1.51. The van der Waals surface area contributed by atoms with Crippen molar-refractivity contribution in [3.63, 3.8) is 0 Å². The first-order chi connectivity index (χ1) is 3.93. The highest BCUT2D eigenvalue weighted by Gasteiger charge is 2.13. The second-order valence-electron chi connectivity index (χ2n) is 2.04. The fraction of sp³-hybridized carbons (Fsp3) is 0.833. The molecule has 2 heteroatoms. The lowest BCUT2D eigenvalue weighted by atomic mass is 10.2. The summed E-state index contributed by atoms with van der Waals surface area (Å²) in [4.78, 5) is 9.95. The van der Waals surface area contributed by atoms with E-state index >= 15 is 0 Å². The first-order valence-corrected chi connectivity index (χ1v) is 4.03. The van der Waals surface area contributed by atoms with Gasteiger partial charge in [0.25, 0.3) is 0 Å². The van der Waals surface area contributed by atoms with Crippen molar-refractivity contribution in [3.8, 4) is 0 Å². The van der Waals surface area contributed by atoms with Crippen LogP contribution in [0.3, 0.4) is 0 Å². The Labute approximate surface area is 53.8 Å². The summed E-state index contributed by atoms with van der Waals surface area (Å²) in [7, 11) is 0. The van der Waals surface area contributed by atoms with Crippen LogP contribution in [-0.4, -0.2) is 17.3 Å². The Morgan fingerprint density at radius 3 is 3.12 bits per heavy atom. The SMILES string of the molecule is O=CCC1CCCS1. The van der Waals surface area contributed by atoms with Gasteiger partial charge >= 0.3 is 0 Å². The van der Waals surface area contributed by atoms with Crippen LogP contribution in [-0.2, 0) is 4.79 Å². The second-order valence-corrected chi connectivity index (χ2v) is 3.45. The number of hydrogen-bond donors (Lipinski definition) is 0. The molecule has 1 saturated heterocycles. The molecule has 1 atom stereocenters. The van der Waals surface area contributed by atoms with E-state index < -0.39 is 0 Å². The topological polar surface area (TPSA) is 17.1 Å². The van der Waals surface area contributed by atoms with Crippen LogP contribution in [0.1, 0.15) is 19.3 Å². The number of hydrogen-bond acceptors (Lipinski definition) is 2. The molecule has 1 heterocycles. The molecule has 0 aromatic carbocycles. The molecule has 1 nitrogen and oxygen atoms in total. The van der Waals surface area contributed by atoms with Crippen molar-refractivity contribution < 1.29 is 4.79 Å². The molecular formula is C6H10OS. The largest absolute Gasteiger partial charge is 0.303 e. The van der Waals surface area contributed by atoms with E-state index in [0.29, 0.717) is 5.25 Å². The first-order valence-electron chi connectivity index (χ1n) is 2.98. The van der Waals surface area contributed by atoms with Crippen molar-refractivity contribution >= 4 is 18.0 Å². The highest BCUT2D eigenvalue weighted by atomic mass is 32.2. The molecule has 46 valence electrons. The molecule has 1 aliphatic heterocycles. The van der Waals surface area contributed by atoms with Gasteiger partial charge in [-0.05, 0) is 18.6 Å². The molecule has 8 heavy (non-hydrogen) atoms. The highest BCUT2D eigenvalue weighted by molar-refractivity contribution is 8.00. The Morgan fingerprint density at radius 1 is 1.75 bits per heavy atom.